The summed E-state index contributed by atoms with van der Waals surface area (Å²) in [6.45, 7) is 4.60. The molecule has 2 unspecified atom stereocenters. The van der Waals surface area contributed by atoms with Crippen LogP contribution in [-0.2, 0) is 13.5 Å². The molecule has 4 heteroatoms. The first-order valence-corrected chi connectivity index (χ1v) is 7.11. The van der Waals surface area contributed by atoms with Gasteiger partial charge in [-0.05, 0) is 31.1 Å². The zero-order chi connectivity index (χ0) is 13.2. The van der Waals surface area contributed by atoms with Crippen molar-refractivity contribution < 1.29 is 0 Å². The van der Waals surface area contributed by atoms with Gasteiger partial charge in [0.25, 0.3) is 0 Å². The molecule has 0 amide bonds. The molecule has 4 nitrogen and oxygen atoms in total. The Kier molecular flexibility index (Phi) is 4.05. The Bertz CT molecular complexity index is 385. The molecule has 1 aliphatic rings. The van der Waals surface area contributed by atoms with Gasteiger partial charge in [0.2, 0.25) is 0 Å². The number of aryl methyl sites for hydroxylation is 1. The first-order chi connectivity index (χ1) is 8.47. The average molecular weight is 250 g/mol. The molecule has 18 heavy (non-hydrogen) atoms. The van der Waals surface area contributed by atoms with Gasteiger partial charge in [0, 0.05) is 25.2 Å². The van der Waals surface area contributed by atoms with Crippen molar-refractivity contribution in [3.63, 3.8) is 0 Å². The van der Waals surface area contributed by atoms with Gasteiger partial charge in [-0.25, -0.2) is 0 Å². The Hall–Kier alpha value is -0.900. The van der Waals surface area contributed by atoms with Crippen LogP contribution in [0.4, 0.5) is 0 Å². The number of rotatable bonds is 4. The van der Waals surface area contributed by atoms with E-state index in [0.29, 0.717) is 0 Å². The van der Waals surface area contributed by atoms with Crippen LogP contribution in [0.5, 0.6) is 0 Å². The van der Waals surface area contributed by atoms with Crippen LogP contribution in [0.1, 0.15) is 51.6 Å². The standard InChI is InChI=1S/C14H26N4/c1-11(2)7-12-5-4-6-14(15,8-12)9-13-10-18(3)17-16-13/h10-12H,4-9,15H2,1-3H3. The van der Waals surface area contributed by atoms with Gasteiger partial charge in [-0.3, -0.25) is 4.68 Å². The lowest BCUT2D eigenvalue weighted by Crippen LogP contribution is -2.46. The fraction of sp³-hybridized carbons (Fsp3) is 0.857. The first kappa shape index (κ1) is 13.5. The topological polar surface area (TPSA) is 56.7 Å². The van der Waals surface area contributed by atoms with Crippen LogP contribution in [0.2, 0.25) is 0 Å². The molecule has 2 atom stereocenters. The van der Waals surface area contributed by atoms with Crippen molar-refractivity contribution in [3.05, 3.63) is 11.9 Å². The summed E-state index contributed by atoms with van der Waals surface area (Å²) in [6, 6.07) is 0. The molecule has 0 radical (unpaired) electrons. The van der Waals surface area contributed by atoms with E-state index in [1.807, 2.05) is 13.2 Å². The normalized spacial score (nSPS) is 28.8. The van der Waals surface area contributed by atoms with E-state index in [-0.39, 0.29) is 5.54 Å². The second kappa shape index (κ2) is 5.39. The van der Waals surface area contributed by atoms with E-state index in [4.69, 9.17) is 5.73 Å². The first-order valence-electron chi connectivity index (χ1n) is 7.11. The van der Waals surface area contributed by atoms with Crippen molar-refractivity contribution in [1.29, 1.82) is 0 Å². The van der Waals surface area contributed by atoms with Crippen LogP contribution in [-0.4, -0.2) is 20.5 Å². The summed E-state index contributed by atoms with van der Waals surface area (Å²) in [5, 5.41) is 8.17. The van der Waals surface area contributed by atoms with E-state index >= 15 is 0 Å². The van der Waals surface area contributed by atoms with E-state index in [9.17, 15) is 0 Å². The molecule has 1 fully saturated rings. The summed E-state index contributed by atoms with van der Waals surface area (Å²) in [6.07, 6.45) is 9.03. The van der Waals surface area contributed by atoms with Crippen LogP contribution < -0.4 is 5.73 Å². The molecular weight excluding hydrogens is 224 g/mol. The van der Waals surface area contributed by atoms with Gasteiger partial charge < -0.3 is 5.73 Å². The second-order valence-corrected chi connectivity index (χ2v) is 6.51. The Labute approximate surface area is 110 Å². The van der Waals surface area contributed by atoms with Crippen molar-refractivity contribution >= 4 is 0 Å². The van der Waals surface area contributed by atoms with E-state index in [1.54, 1.807) is 4.68 Å². The van der Waals surface area contributed by atoms with E-state index in [0.717, 1.165) is 36.8 Å². The SMILES string of the molecule is CC(C)CC1CCCC(N)(Cc2cn(C)nn2)C1. The third-order valence-corrected chi connectivity index (χ3v) is 3.97. The molecule has 0 bridgehead atoms. The van der Waals surface area contributed by atoms with Gasteiger partial charge >= 0.3 is 0 Å². The third-order valence-electron chi connectivity index (χ3n) is 3.97. The zero-order valence-corrected chi connectivity index (χ0v) is 11.9. The molecular formula is C14H26N4. The van der Waals surface area contributed by atoms with Crippen molar-refractivity contribution in [2.75, 3.05) is 0 Å². The van der Waals surface area contributed by atoms with Crippen LogP contribution >= 0.6 is 0 Å². The fourth-order valence-corrected chi connectivity index (χ4v) is 3.39. The predicted octanol–water partition coefficient (Wildman–Crippen LogP) is 2.29. The minimum Gasteiger partial charge on any atom is -0.325 e. The number of nitrogens with two attached hydrogens (primary N) is 1. The molecule has 0 saturated heterocycles. The van der Waals surface area contributed by atoms with Gasteiger partial charge in [-0.15, -0.1) is 5.10 Å². The highest BCUT2D eigenvalue weighted by atomic mass is 15.4. The number of hydrogen-bond acceptors (Lipinski definition) is 3. The average Bonchev–Trinajstić information content (AvgIpc) is 2.62. The zero-order valence-electron chi connectivity index (χ0n) is 11.9. The minimum absolute atomic E-state index is 0.0617. The lowest BCUT2D eigenvalue weighted by atomic mass is 9.72. The molecule has 2 N–H and O–H groups in total. The molecule has 0 aliphatic heterocycles. The monoisotopic (exact) mass is 250 g/mol. The number of nitrogens with zero attached hydrogens (tertiary/aromatic N) is 3. The molecule has 1 heterocycles. The molecule has 2 rings (SSSR count). The van der Waals surface area contributed by atoms with Crippen LogP contribution in [0.25, 0.3) is 0 Å². The predicted molar refractivity (Wildman–Crippen MR) is 73.0 cm³/mol. The molecule has 102 valence electrons. The Balaban J connectivity index is 1.97. The Morgan fingerprint density at radius 2 is 2.33 bits per heavy atom. The van der Waals surface area contributed by atoms with E-state index in [1.165, 1.54) is 19.3 Å². The van der Waals surface area contributed by atoms with Gasteiger partial charge in [0.05, 0.1) is 5.69 Å². The lowest BCUT2D eigenvalue weighted by Gasteiger charge is -2.38. The summed E-state index contributed by atoms with van der Waals surface area (Å²) >= 11 is 0. The van der Waals surface area contributed by atoms with Crippen LogP contribution in [0.3, 0.4) is 0 Å². The molecule has 1 aromatic rings. The Morgan fingerprint density at radius 3 is 2.94 bits per heavy atom. The lowest BCUT2D eigenvalue weighted by molar-refractivity contribution is 0.199. The van der Waals surface area contributed by atoms with Crippen LogP contribution in [0.15, 0.2) is 6.20 Å². The maximum absolute atomic E-state index is 6.59. The number of aromatic nitrogens is 3. The molecule has 1 aliphatic carbocycles. The summed E-state index contributed by atoms with van der Waals surface area (Å²) in [4.78, 5) is 0. The second-order valence-electron chi connectivity index (χ2n) is 6.51. The summed E-state index contributed by atoms with van der Waals surface area (Å²) < 4.78 is 1.76. The van der Waals surface area contributed by atoms with Gasteiger partial charge in [0.15, 0.2) is 0 Å². The van der Waals surface area contributed by atoms with Gasteiger partial charge in [-0.1, -0.05) is 31.9 Å². The van der Waals surface area contributed by atoms with Gasteiger partial charge in [0.1, 0.15) is 0 Å². The van der Waals surface area contributed by atoms with Crippen molar-refractivity contribution in [2.24, 2.45) is 24.6 Å². The summed E-state index contributed by atoms with van der Waals surface area (Å²) in [5.74, 6) is 1.56. The molecule has 0 spiro atoms. The van der Waals surface area contributed by atoms with Gasteiger partial charge in [-0.2, -0.15) is 0 Å². The van der Waals surface area contributed by atoms with Crippen molar-refractivity contribution in [2.45, 2.75) is 57.9 Å². The maximum Gasteiger partial charge on any atom is 0.0845 e. The molecule has 1 saturated carbocycles. The maximum atomic E-state index is 6.59. The smallest absolute Gasteiger partial charge is 0.0845 e. The summed E-state index contributed by atoms with van der Waals surface area (Å²) in [5.41, 5.74) is 7.56. The highest BCUT2D eigenvalue weighted by Crippen LogP contribution is 2.35. The minimum atomic E-state index is -0.0617. The largest absolute Gasteiger partial charge is 0.325 e. The highest BCUT2D eigenvalue weighted by molar-refractivity contribution is 5.03. The fourth-order valence-electron chi connectivity index (χ4n) is 3.39. The van der Waals surface area contributed by atoms with E-state index in [2.05, 4.69) is 24.2 Å². The molecule has 1 aromatic heterocycles. The summed E-state index contributed by atoms with van der Waals surface area (Å²) in [7, 11) is 1.90. The van der Waals surface area contributed by atoms with E-state index < -0.39 is 0 Å². The van der Waals surface area contributed by atoms with Crippen molar-refractivity contribution in [3.8, 4) is 0 Å². The van der Waals surface area contributed by atoms with Crippen molar-refractivity contribution in [1.82, 2.24) is 15.0 Å². The molecule has 0 aromatic carbocycles. The third kappa shape index (κ3) is 3.55. The Morgan fingerprint density at radius 1 is 1.56 bits per heavy atom. The number of hydrogen-bond donors (Lipinski definition) is 1. The quantitative estimate of drug-likeness (QED) is 0.892. The highest BCUT2D eigenvalue weighted by Gasteiger charge is 2.33. The van der Waals surface area contributed by atoms with Crippen LogP contribution in [0, 0.1) is 11.8 Å².